The highest BCUT2D eigenvalue weighted by molar-refractivity contribution is 7.80. The molecule has 0 aromatic heterocycles. The minimum absolute atomic E-state index is 0.429. The van der Waals surface area contributed by atoms with E-state index in [2.05, 4.69) is 12.6 Å². The SMILES string of the molecule is NCCC(C=S)CS. The Morgan fingerprint density at radius 3 is 2.50 bits per heavy atom. The maximum atomic E-state index is 5.28. The summed E-state index contributed by atoms with van der Waals surface area (Å²) in [6.45, 7) is 0.707. The van der Waals surface area contributed by atoms with Crippen LogP contribution in [0.1, 0.15) is 6.42 Å². The van der Waals surface area contributed by atoms with Crippen LogP contribution in [0.3, 0.4) is 0 Å². The van der Waals surface area contributed by atoms with E-state index in [0.29, 0.717) is 12.5 Å². The lowest BCUT2D eigenvalue weighted by Gasteiger charge is -2.02. The van der Waals surface area contributed by atoms with Gasteiger partial charge in [0.05, 0.1) is 0 Å². The van der Waals surface area contributed by atoms with Gasteiger partial charge in [0.25, 0.3) is 0 Å². The van der Waals surface area contributed by atoms with Crippen molar-refractivity contribution in [1.29, 1.82) is 0 Å². The van der Waals surface area contributed by atoms with Crippen LogP contribution in [0, 0.1) is 5.92 Å². The van der Waals surface area contributed by atoms with Gasteiger partial charge in [0, 0.05) is 0 Å². The van der Waals surface area contributed by atoms with E-state index in [1.807, 2.05) is 0 Å². The molecule has 0 spiro atoms. The van der Waals surface area contributed by atoms with Crippen LogP contribution in [0.4, 0.5) is 0 Å². The Hall–Kier alpha value is 0.400. The lowest BCUT2D eigenvalue weighted by atomic mass is 10.1. The molecule has 0 amide bonds. The molecule has 0 aromatic carbocycles. The third-order valence-electron chi connectivity index (χ3n) is 0.964. The van der Waals surface area contributed by atoms with Crippen molar-refractivity contribution in [2.24, 2.45) is 11.7 Å². The van der Waals surface area contributed by atoms with Crippen molar-refractivity contribution in [2.75, 3.05) is 12.3 Å². The highest BCUT2D eigenvalue weighted by Gasteiger charge is 1.97. The van der Waals surface area contributed by atoms with Crippen LogP contribution in [0.5, 0.6) is 0 Å². The lowest BCUT2D eigenvalue weighted by Crippen LogP contribution is -2.10. The average Bonchev–Trinajstić information content (AvgIpc) is 1.83. The fourth-order valence-electron chi connectivity index (χ4n) is 0.416. The molecule has 1 nitrogen and oxygen atoms in total. The largest absolute Gasteiger partial charge is 0.330 e. The van der Waals surface area contributed by atoms with Crippen molar-refractivity contribution in [3.63, 3.8) is 0 Å². The van der Waals surface area contributed by atoms with Crippen molar-refractivity contribution in [2.45, 2.75) is 6.42 Å². The number of hydrogen-bond acceptors (Lipinski definition) is 3. The third kappa shape index (κ3) is 3.41. The predicted molar refractivity (Wildman–Crippen MR) is 44.7 cm³/mol. The lowest BCUT2D eigenvalue weighted by molar-refractivity contribution is 0.722. The van der Waals surface area contributed by atoms with E-state index in [-0.39, 0.29) is 0 Å². The molecule has 0 bridgehead atoms. The van der Waals surface area contributed by atoms with E-state index in [9.17, 15) is 0 Å². The van der Waals surface area contributed by atoms with Gasteiger partial charge in [0.2, 0.25) is 0 Å². The van der Waals surface area contributed by atoms with Crippen molar-refractivity contribution < 1.29 is 0 Å². The van der Waals surface area contributed by atoms with Gasteiger partial charge in [-0.05, 0) is 30.0 Å². The highest BCUT2D eigenvalue weighted by atomic mass is 32.1. The zero-order valence-electron chi connectivity index (χ0n) is 4.71. The van der Waals surface area contributed by atoms with Crippen molar-refractivity contribution in [3.05, 3.63) is 0 Å². The molecular weight excluding hydrogens is 138 g/mol. The number of nitrogens with two attached hydrogens (primary N) is 1. The zero-order valence-corrected chi connectivity index (χ0v) is 6.42. The Balaban J connectivity index is 3.21. The molecular formula is C5H11NS2. The quantitative estimate of drug-likeness (QED) is 0.458. The average molecular weight is 149 g/mol. The van der Waals surface area contributed by atoms with Crippen molar-refractivity contribution >= 4 is 30.2 Å². The molecule has 0 aromatic rings. The van der Waals surface area contributed by atoms with Gasteiger partial charge >= 0.3 is 0 Å². The number of hydrogen-bond donors (Lipinski definition) is 2. The topological polar surface area (TPSA) is 26.0 Å². The van der Waals surface area contributed by atoms with Gasteiger partial charge < -0.3 is 5.73 Å². The fourth-order valence-corrected chi connectivity index (χ4v) is 1.08. The van der Waals surface area contributed by atoms with Crippen LogP contribution in [0.2, 0.25) is 0 Å². The van der Waals surface area contributed by atoms with E-state index in [1.165, 1.54) is 0 Å². The normalized spacial score (nSPS) is 13.2. The number of thiocarbonyl (C=S) groups is 1. The van der Waals surface area contributed by atoms with Crippen LogP contribution in [-0.2, 0) is 0 Å². The van der Waals surface area contributed by atoms with Crippen LogP contribution < -0.4 is 5.73 Å². The molecule has 0 aliphatic carbocycles. The first-order chi connectivity index (χ1) is 3.85. The highest BCUT2D eigenvalue weighted by Crippen LogP contribution is 1.99. The Morgan fingerprint density at radius 1 is 1.75 bits per heavy atom. The Bertz CT molecular complexity index is 65.4. The maximum absolute atomic E-state index is 5.28. The Kier molecular flexibility index (Phi) is 5.81. The van der Waals surface area contributed by atoms with E-state index < -0.39 is 0 Å². The first-order valence-corrected chi connectivity index (χ1v) is 3.71. The van der Waals surface area contributed by atoms with Gasteiger partial charge in [0.1, 0.15) is 0 Å². The first-order valence-electron chi connectivity index (χ1n) is 2.61. The summed E-state index contributed by atoms with van der Waals surface area (Å²) in [7, 11) is 0. The Morgan fingerprint density at radius 2 is 2.38 bits per heavy atom. The molecule has 0 fully saturated rings. The molecule has 48 valence electrons. The van der Waals surface area contributed by atoms with Crippen LogP contribution in [-0.4, -0.2) is 17.7 Å². The zero-order chi connectivity index (χ0) is 6.41. The third-order valence-corrected chi connectivity index (χ3v) is 1.82. The number of thiol groups is 1. The van der Waals surface area contributed by atoms with Gasteiger partial charge in [0.15, 0.2) is 0 Å². The van der Waals surface area contributed by atoms with Gasteiger partial charge in [-0.15, -0.1) is 0 Å². The monoisotopic (exact) mass is 149 g/mol. The molecule has 0 saturated carbocycles. The second-order valence-corrected chi connectivity index (χ2v) is 2.29. The number of rotatable bonds is 4. The maximum Gasteiger partial charge on any atom is -0.00261 e. The second-order valence-electron chi connectivity index (χ2n) is 1.66. The molecule has 0 rings (SSSR count). The standard InChI is InChI=1S/C5H11NS2/c6-2-1-5(3-7)4-8/h3,5,8H,1-2,4,6H2. The summed E-state index contributed by atoms with van der Waals surface area (Å²) < 4.78 is 0. The summed E-state index contributed by atoms with van der Waals surface area (Å²) in [4.78, 5) is 0. The molecule has 0 aliphatic heterocycles. The summed E-state index contributed by atoms with van der Waals surface area (Å²) in [5.74, 6) is 1.25. The molecule has 8 heavy (non-hydrogen) atoms. The first kappa shape index (κ1) is 8.40. The molecule has 3 heteroatoms. The van der Waals surface area contributed by atoms with E-state index >= 15 is 0 Å². The summed E-state index contributed by atoms with van der Waals surface area (Å²) in [5, 5.41) is 1.74. The smallest absolute Gasteiger partial charge is 0.00261 e. The minimum Gasteiger partial charge on any atom is -0.330 e. The van der Waals surface area contributed by atoms with Gasteiger partial charge in [-0.1, -0.05) is 12.2 Å². The predicted octanol–water partition coefficient (Wildman–Crippen LogP) is 0.881. The molecule has 1 atom stereocenters. The van der Waals surface area contributed by atoms with Gasteiger partial charge in [-0.25, -0.2) is 0 Å². The van der Waals surface area contributed by atoms with E-state index in [0.717, 1.165) is 12.2 Å². The van der Waals surface area contributed by atoms with Crippen molar-refractivity contribution in [1.82, 2.24) is 0 Å². The van der Waals surface area contributed by atoms with Crippen LogP contribution in [0.25, 0.3) is 0 Å². The van der Waals surface area contributed by atoms with Crippen molar-refractivity contribution in [3.8, 4) is 0 Å². The molecule has 0 heterocycles. The van der Waals surface area contributed by atoms with Crippen LogP contribution >= 0.6 is 24.8 Å². The van der Waals surface area contributed by atoms with E-state index in [1.54, 1.807) is 5.37 Å². The van der Waals surface area contributed by atoms with Gasteiger partial charge in [-0.2, -0.15) is 12.6 Å². The Labute approximate surface area is 61.1 Å². The molecule has 0 radical (unpaired) electrons. The minimum atomic E-state index is 0.429. The summed E-state index contributed by atoms with van der Waals surface area (Å²) in [6, 6.07) is 0. The van der Waals surface area contributed by atoms with Gasteiger partial charge in [-0.3, -0.25) is 0 Å². The summed E-state index contributed by atoms with van der Waals surface area (Å²) in [5.41, 5.74) is 5.28. The summed E-state index contributed by atoms with van der Waals surface area (Å²) >= 11 is 8.78. The molecule has 2 N–H and O–H groups in total. The second kappa shape index (κ2) is 5.54. The molecule has 0 aliphatic rings. The van der Waals surface area contributed by atoms with E-state index in [4.69, 9.17) is 18.0 Å². The molecule has 0 saturated heterocycles. The summed E-state index contributed by atoms with van der Waals surface area (Å²) in [6.07, 6.45) is 0.965. The van der Waals surface area contributed by atoms with Crippen LogP contribution in [0.15, 0.2) is 0 Å². The fraction of sp³-hybridized carbons (Fsp3) is 0.800. The molecule has 1 unspecified atom stereocenters.